The summed E-state index contributed by atoms with van der Waals surface area (Å²) in [6.07, 6.45) is -3.04. The van der Waals surface area contributed by atoms with Crippen molar-refractivity contribution in [3.05, 3.63) is 82.1 Å². The Morgan fingerprint density at radius 2 is 1.78 bits per heavy atom. The number of carbonyl (C=O) groups excluding carboxylic acids is 1. The maximum atomic E-state index is 14.6. The van der Waals surface area contributed by atoms with Gasteiger partial charge in [-0.3, -0.25) is 9.59 Å². The Balaban J connectivity index is 1.90. The number of rotatable bonds is 8. The van der Waals surface area contributed by atoms with E-state index in [2.05, 4.69) is 0 Å². The number of aliphatic carboxylic acids is 1. The summed E-state index contributed by atoms with van der Waals surface area (Å²) >= 11 is 6.58. The molecule has 0 aliphatic carbocycles. The molecule has 0 saturated heterocycles. The molecule has 1 N–H and O–H groups in total. The predicted octanol–water partition coefficient (Wildman–Crippen LogP) is 5.00. The van der Waals surface area contributed by atoms with Gasteiger partial charge in [0.05, 0.1) is 45.0 Å². The number of amides is 1. The highest BCUT2D eigenvalue weighted by atomic mass is 35.5. The second kappa shape index (κ2) is 11.1. The molecule has 3 aromatic rings. The fraction of sp³-hybridized carbons (Fsp3) is 0.259. The van der Waals surface area contributed by atoms with Crippen molar-refractivity contribution in [3.8, 4) is 17.2 Å². The van der Waals surface area contributed by atoms with Crippen LogP contribution < -0.4 is 19.1 Å². The third-order valence-electron chi connectivity index (χ3n) is 6.08. The van der Waals surface area contributed by atoms with E-state index in [4.69, 9.17) is 30.5 Å². The van der Waals surface area contributed by atoms with E-state index in [0.29, 0.717) is 39.6 Å². The molecular weight excluding hydrogens is 505 g/mol. The molecule has 3 aromatic carbocycles. The molecule has 37 heavy (non-hydrogen) atoms. The first kappa shape index (κ1) is 26.2. The van der Waals surface area contributed by atoms with E-state index in [0.717, 1.165) is 0 Å². The zero-order chi connectivity index (χ0) is 26.7. The smallest absolute Gasteiger partial charge is 0.306 e. The molecule has 0 fully saturated rings. The lowest BCUT2D eigenvalue weighted by atomic mass is 9.98. The van der Waals surface area contributed by atoms with Crippen LogP contribution in [0.3, 0.4) is 0 Å². The standard InChI is InChI=1S/C27H25ClFNO7/c1-34-17-9-7-15(22(12-17)36-3)14-30-20-10-8-16(29)11-19(20)26(37-23(27(30)33)13-24(31)32)18-5-4-6-21(35-2)25(18)28/h4-12,23,26H,13-14H2,1-3H3,(H,31,32)/t23-,26-/m0/s1. The largest absolute Gasteiger partial charge is 0.497 e. The van der Waals surface area contributed by atoms with Gasteiger partial charge in [-0.25, -0.2) is 4.39 Å². The first-order valence-corrected chi connectivity index (χ1v) is 11.7. The van der Waals surface area contributed by atoms with Crippen molar-refractivity contribution in [1.82, 2.24) is 0 Å². The number of carboxylic acids is 1. The van der Waals surface area contributed by atoms with Crippen molar-refractivity contribution in [2.45, 2.75) is 25.2 Å². The number of hydrogen-bond acceptors (Lipinski definition) is 6. The molecule has 0 saturated carbocycles. The summed E-state index contributed by atoms with van der Waals surface area (Å²) in [5, 5.41) is 9.76. The quantitative estimate of drug-likeness (QED) is 0.439. The van der Waals surface area contributed by atoms with E-state index in [1.807, 2.05) is 0 Å². The van der Waals surface area contributed by atoms with E-state index in [1.165, 1.54) is 44.4 Å². The van der Waals surface area contributed by atoms with E-state index in [9.17, 15) is 19.1 Å². The van der Waals surface area contributed by atoms with E-state index in [-0.39, 0.29) is 11.6 Å². The number of ether oxygens (including phenoxy) is 4. The molecule has 0 aromatic heterocycles. The fourth-order valence-electron chi connectivity index (χ4n) is 4.31. The maximum Gasteiger partial charge on any atom is 0.306 e. The van der Waals surface area contributed by atoms with E-state index >= 15 is 0 Å². The van der Waals surface area contributed by atoms with E-state index < -0.39 is 36.3 Å². The van der Waals surface area contributed by atoms with Gasteiger partial charge in [0.25, 0.3) is 5.91 Å². The Labute approximate surface area is 218 Å². The Morgan fingerprint density at radius 1 is 1.03 bits per heavy atom. The van der Waals surface area contributed by atoms with Crippen LogP contribution in [0.25, 0.3) is 0 Å². The van der Waals surface area contributed by atoms with Crippen molar-refractivity contribution >= 4 is 29.2 Å². The molecule has 1 amide bonds. The van der Waals surface area contributed by atoms with Gasteiger partial charge in [-0.2, -0.15) is 0 Å². The third-order valence-corrected chi connectivity index (χ3v) is 6.49. The normalized spacial score (nSPS) is 17.1. The summed E-state index contributed by atoms with van der Waals surface area (Å²) in [4.78, 5) is 26.8. The summed E-state index contributed by atoms with van der Waals surface area (Å²) in [5.41, 5.74) is 1.68. The minimum atomic E-state index is -1.38. The molecule has 1 aliphatic heterocycles. The first-order valence-electron chi connectivity index (χ1n) is 11.3. The van der Waals surface area contributed by atoms with Crippen LogP contribution in [0.1, 0.15) is 29.2 Å². The molecule has 2 atom stereocenters. The van der Waals surface area contributed by atoms with Crippen LogP contribution in [0, 0.1) is 5.82 Å². The molecule has 4 rings (SSSR count). The Hall–Kier alpha value is -3.82. The summed E-state index contributed by atoms with van der Waals surface area (Å²) in [6, 6.07) is 14.1. The van der Waals surface area contributed by atoms with Gasteiger partial charge in [0.2, 0.25) is 0 Å². The number of benzene rings is 3. The molecule has 194 valence electrons. The van der Waals surface area contributed by atoms with Crippen molar-refractivity contribution in [1.29, 1.82) is 0 Å². The summed E-state index contributed by atoms with van der Waals surface area (Å²) < 4.78 is 36.8. The number of fused-ring (bicyclic) bond motifs is 1. The number of hydrogen-bond donors (Lipinski definition) is 1. The number of nitrogens with zero attached hydrogens (tertiary/aromatic N) is 1. The summed E-state index contributed by atoms with van der Waals surface area (Å²) in [7, 11) is 4.46. The number of halogens is 2. The van der Waals surface area contributed by atoms with E-state index in [1.54, 1.807) is 36.4 Å². The van der Waals surface area contributed by atoms with Crippen LogP contribution in [0.5, 0.6) is 17.2 Å². The molecule has 8 nitrogen and oxygen atoms in total. The minimum absolute atomic E-state index is 0.00265. The maximum absolute atomic E-state index is 14.6. The second-order valence-electron chi connectivity index (χ2n) is 8.27. The Morgan fingerprint density at radius 3 is 2.46 bits per heavy atom. The zero-order valence-electron chi connectivity index (χ0n) is 20.4. The average molecular weight is 530 g/mol. The van der Waals surface area contributed by atoms with Crippen LogP contribution >= 0.6 is 11.6 Å². The van der Waals surface area contributed by atoms with Crippen molar-refractivity contribution in [2.24, 2.45) is 0 Å². The number of anilines is 1. The lowest BCUT2D eigenvalue weighted by Gasteiger charge is -2.25. The van der Waals surface area contributed by atoms with Gasteiger partial charge in [-0.15, -0.1) is 0 Å². The van der Waals surface area contributed by atoms with Gasteiger partial charge >= 0.3 is 5.97 Å². The minimum Gasteiger partial charge on any atom is -0.497 e. The van der Waals surface area contributed by atoms with Gasteiger partial charge in [0.15, 0.2) is 0 Å². The topological polar surface area (TPSA) is 94.5 Å². The predicted molar refractivity (Wildman–Crippen MR) is 134 cm³/mol. The monoisotopic (exact) mass is 529 g/mol. The molecule has 0 bridgehead atoms. The first-order chi connectivity index (χ1) is 17.8. The molecule has 0 spiro atoms. The van der Waals surface area contributed by atoms with Gasteiger partial charge in [0, 0.05) is 22.8 Å². The molecular formula is C27H25ClFNO7. The zero-order valence-corrected chi connectivity index (χ0v) is 21.1. The van der Waals surface area contributed by atoms with Crippen LogP contribution in [-0.2, 0) is 20.9 Å². The molecule has 1 aliphatic rings. The third kappa shape index (κ3) is 5.33. The van der Waals surface area contributed by atoms with Crippen molar-refractivity contribution in [2.75, 3.05) is 26.2 Å². The molecule has 10 heteroatoms. The van der Waals surface area contributed by atoms with Gasteiger partial charge < -0.3 is 29.0 Å². The fourth-order valence-corrected chi connectivity index (χ4v) is 4.61. The molecule has 1 heterocycles. The van der Waals surface area contributed by atoms with Crippen molar-refractivity contribution < 1.29 is 38.0 Å². The Kier molecular flexibility index (Phi) is 7.85. The summed E-state index contributed by atoms with van der Waals surface area (Å²) in [5.74, 6) is -1.01. The highest BCUT2D eigenvalue weighted by molar-refractivity contribution is 6.33. The van der Waals surface area contributed by atoms with Gasteiger partial charge in [-0.05, 0) is 36.4 Å². The molecule has 0 unspecified atom stereocenters. The summed E-state index contributed by atoms with van der Waals surface area (Å²) in [6.45, 7) is 0.00265. The SMILES string of the molecule is COc1ccc(CN2C(=O)[C@H](CC(=O)O)O[C@@H](c3cccc(OC)c3Cl)c3cc(F)ccc32)c(OC)c1. The Bertz CT molecular complexity index is 1330. The second-order valence-corrected chi connectivity index (χ2v) is 8.65. The molecule has 0 radical (unpaired) electrons. The van der Waals surface area contributed by atoms with Crippen LogP contribution in [0.4, 0.5) is 10.1 Å². The van der Waals surface area contributed by atoms with Gasteiger partial charge in [-0.1, -0.05) is 23.7 Å². The van der Waals surface area contributed by atoms with Gasteiger partial charge in [0.1, 0.15) is 35.3 Å². The number of carbonyl (C=O) groups is 2. The van der Waals surface area contributed by atoms with Crippen LogP contribution in [0.2, 0.25) is 5.02 Å². The highest BCUT2D eigenvalue weighted by Gasteiger charge is 2.39. The number of carboxylic acid groups (broad SMARTS) is 1. The van der Waals surface area contributed by atoms with Crippen LogP contribution in [0.15, 0.2) is 54.6 Å². The number of methoxy groups -OCH3 is 3. The van der Waals surface area contributed by atoms with Crippen molar-refractivity contribution in [3.63, 3.8) is 0 Å². The lowest BCUT2D eigenvalue weighted by molar-refractivity contribution is -0.147. The highest BCUT2D eigenvalue weighted by Crippen LogP contribution is 2.44. The van der Waals surface area contributed by atoms with Crippen LogP contribution in [-0.4, -0.2) is 44.4 Å². The average Bonchev–Trinajstić information content (AvgIpc) is 2.99. The lowest BCUT2D eigenvalue weighted by Crippen LogP contribution is -2.40.